The fourth-order valence-corrected chi connectivity index (χ4v) is 2.65. The van der Waals surface area contributed by atoms with Gasteiger partial charge in [-0.2, -0.15) is 32.1 Å². The SMILES string of the molecule is CCn1ncc(NC(=O)c2cc3nc(C)cc(C(F)(F)C(F)(F)F)n3n2)c1C. The van der Waals surface area contributed by atoms with Crippen LogP contribution in [0.4, 0.5) is 27.6 Å². The highest BCUT2D eigenvalue weighted by atomic mass is 19.4. The first-order chi connectivity index (χ1) is 13.0. The van der Waals surface area contributed by atoms with Gasteiger partial charge in [-0.05, 0) is 26.8 Å². The van der Waals surface area contributed by atoms with Gasteiger partial charge in [-0.3, -0.25) is 9.48 Å². The largest absolute Gasteiger partial charge is 0.459 e. The Morgan fingerprint density at radius 3 is 2.43 bits per heavy atom. The minimum atomic E-state index is -5.83. The normalized spacial score (nSPS) is 12.6. The highest BCUT2D eigenvalue weighted by Crippen LogP contribution is 2.43. The number of hydrogen-bond donors (Lipinski definition) is 1. The first kappa shape index (κ1) is 19.7. The van der Waals surface area contributed by atoms with E-state index in [2.05, 4.69) is 20.5 Å². The van der Waals surface area contributed by atoms with E-state index in [0.717, 1.165) is 6.07 Å². The van der Waals surface area contributed by atoms with Gasteiger partial charge in [-0.25, -0.2) is 9.50 Å². The number of halogens is 5. The van der Waals surface area contributed by atoms with E-state index < -0.39 is 23.7 Å². The average Bonchev–Trinajstić information content (AvgIpc) is 3.17. The number of anilines is 1. The van der Waals surface area contributed by atoms with Crippen LogP contribution in [0.15, 0.2) is 18.3 Å². The third kappa shape index (κ3) is 3.18. The summed E-state index contributed by atoms with van der Waals surface area (Å²) < 4.78 is 68.2. The van der Waals surface area contributed by atoms with Crippen molar-refractivity contribution in [1.29, 1.82) is 0 Å². The number of hydrogen-bond acceptors (Lipinski definition) is 4. The van der Waals surface area contributed by atoms with Crippen molar-refractivity contribution in [2.75, 3.05) is 5.32 Å². The molecule has 12 heteroatoms. The number of aryl methyl sites for hydroxylation is 2. The van der Waals surface area contributed by atoms with E-state index >= 15 is 0 Å². The molecule has 3 rings (SSSR count). The highest BCUT2D eigenvalue weighted by Gasteiger charge is 2.60. The molecule has 28 heavy (non-hydrogen) atoms. The molecule has 150 valence electrons. The summed E-state index contributed by atoms with van der Waals surface area (Å²) in [5.41, 5.74) is -1.13. The lowest BCUT2D eigenvalue weighted by Crippen LogP contribution is -2.36. The molecule has 0 aliphatic heterocycles. The molecular weight excluding hydrogens is 387 g/mol. The molecule has 0 spiro atoms. The predicted octanol–water partition coefficient (Wildman–Crippen LogP) is 3.47. The summed E-state index contributed by atoms with van der Waals surface area (Å²) in [4.78, 5) is 16.3. The molecule has 0 unspecified atom stereocenters. The Labute approximate surface area is 155 Å². The number of fused-ring (bicyclic) bond motifs is 1. The molecule has 1 amide bonds. The van der Waals surface area contributed by atoms with E-state index in [9.17, 15) is 26.7 Å². The van der Waals surface area contributed by atoms with Crippen LogP contribution in [-0.2, 0) is 12.5 Å². The maximum absolute atomic E-state index is 13.9. The molecule has 0 aromatic carbocycles. The second-order valence-corrected chi connectivity index (χ2v) is 6.07. The lowest BCUT2D eigenvalue weighted by molar-refractivity contribution is -0.291. The van der Waals surface area contributed by atoms with Gasteiger partial charge in [0.15, 0.2) is 11.3 Å². The van der Waals surface area contributed by atoms with E-state index in [0.29, 0.717) is 28.5 Å². The molecule has 3 aromatic rings. The second kappa shape index (κ2) is 6.53. The van der Waals surface area contributed by atoms with Crippen LogP contribution in [0.5, 0.6) is 0 Å². The number of nitrogens with zero attached hydrogens (tertiary/aromatic N) is 5. The van der Waals surface area contributed by atoms with E-state index in [4.69, 9.17) is 0 Å². The average molecular weight is 402 g/mol. The van der Waals surface area contributed by atoms with Gasteiger partial charge in [0, 0.05) is 18.3 Å². The van der Waals surface area contributed by atoms with Crippen molar-refractivity contribution in [1.82, 2.24) is 24.4 Å². The zero-order valence-corrected chi connectivity index (χ0v) is 15.0. The van der Waals surface area contributed by atoms with E-state index in [-0.39, 0.29) is 17.0 Å². The third-order valence-electron chi connectivity index (χ3n) is 4.12. The van der Waals surface area contributed by atoms with Crippen LogP contribution in [-0.4, -0.2) is 36.5 Å². The predicted molar refractivity (Wildman–Crippen MR) is 88.3 cm³/mol. The Kier molecular flexibility index (Phi) is 4.60. The summed E-state index contributed by atoms with van der Waals surface area (Å²) in [6.45, 7) is 5.40. The summed E-state index contributed by atoms with van der Waals surface area (Å²) in [5, 5.41) is 10.2. The van der Waals surface area contributed by atoms with Crippen LogP contribution in [0, 0.1) is 13.8 Å². The molecule has 0 fully saturated rings. The molecule has 7 nitrogen and oxygen atoms in total. The van der Waals surface area contributed by atoms with Crippen LogP contribution in [0.2, 0.25) is 0 Å². The van der Waals surface area contributed by atoms with Crippen LogP contribution in [0.3, 0.4) is 0 Å². The Morgan fingerprint density at radius 2 is 1.86 bits per heavy atom. The Bertz CT molecular complexity index is 1050. The molecule has 1 N–H and O–H groups in total. The second-order valence-electron chi connectivity index (χ2n) is 6.07. The van der Waals surface area contributed by atoms with Crippen molar-refractivity contribution in [2.24, 2.45) is 0 Å². The van der Waals surface area contributed by atoms with E-state index in [1.54, 1.807) is 11.6 Å². The van der Waals surface area contributed by atoms with Crippen LogP contribution in [0.25, 0.3) is 5.65 Å². The van der Waals surface area contributed by atoms with Gasteiger partial charge in [-0.15, -0.1) is 0 Å². The van der Waals surface area contributed by atoms with E-state index in [1.807, 2.05) is 6.92 Å². The Morgan fingerprint density at radius 1 is 1.18 bits per heavy atom. The standard InChI is InChI=1S/C16H15F5N6O/c1-4-26-9(3)11(7-22-26)24-14(28)10-6-13-23-8(2)5-12(27(13)25-10)15(17,18)16(19,20)21/h5-7H,4H2,1-3H3,(H,24,28). The first-order valence-electron chi connectivity index (χ1n) is 8.12. The first-order valence-corrected chi connectivity index (χ1v) is 8.12. The quantitative estimate of drug-likeness (QED) is 0.678. The monoisotopic (exact) mass is 402 g/mol. The van der Waals surface area contributed by atoms with Crippen molar-refractivity contribution in [3.8, 4) is 0 Å². The van der Waals surface area contributed by atoms with Crippen LogP contribution in [0.1, 0.15) is 34.5 Å². The maximum atomic E-state index is 13.9. The minimum Gasteiger partial charge on any atom is -0.318 e. The zero-order valence-electron chi connectivity index (χ0n) is 15.0. The topological polar surface area (TPSA) is 77.1 Å². The number of alkyl halides is 5. The smallest absolute Gasteiger partial charge is 0.318 e. The van der Waals surface area contributed by atoms with Crippen molar-refractivity contribution < 1.29 is 26.7 Å². The van der Waals surface area contributed by atoms with Crippen molar-refractivity contribution >= 4 is 17.2 Å². The summed E-state index contributed by atoms with van der Waals surface area (Å²) in [6.07, 6.45) is -4.42. The van der Waals surface area contributed by atoms with Crippen molar-refractivity contribution in [2.45, 2.75) is 39.4 Å². The minimum absolute atomic E-state index is 0.0710. The zero-order chi connectivity index (χ0) is 20.9. The Hall–Kier alpha value is -3.05. The number of carbonyl (C=O) groups excluding carboxylic acids is 1. The number of aromatic nitrogens is 5. The fraction of sp³-hybridized carbons (Fsp3) is 0.375. The lowest BCUT2D eigenvalue weighted by atomic mass is 10.2. The molecule has 0 aliphatic rings. The molecule has 0 bridgehead atoms. The molecule has 0 atom stereocenters. The summed E-state index contributed by atoms with van der Waals surface area (Å²) in [6, 6.07) is 1.63. The van der Waals surface area contributed by atoms with Gasteiger partial charge in [0.25, 0.3) is 5.91 Å². The van der Waals surface area contributed by atoms with Crippen LogP contribution < -0.4 is 5.32 Å². The number of amides is 1. The molecule has 0 radical (unpaired) electrons. The number of nitrogens with one attached hydrogen (secondary N) is 1. The summed E-state index contributed by atoms with van der Waals surface area (Å²) >= 11 is 0. The molecule has 3 aromatic heterocycles. The van der Waals surface area contributed by atoms with Gasteiger partial charge in [0.2, 0.25) is 0 Å². The number of carbonyl (C=O) groups is 1. The molecular formula is C16H15F5N6O. The molecule has 0 aliphatic carbocycles. The van der Waals surface area contributed by atoms with Crippen LogP contribution >= 0.6 is 0 Å². The molecule has 3 heterocycles. The highest BCUT2D eigenvalue weighted by molar-refractivity contribution is 6.03. The van der Waals surface area contributed by atoms with Crippen molar-refractivity contribution in [3.63, 3.8) is 0 Å². The third-order valence-corrected chi connectivity index (χ3v) is 4.12. The molecule has 0 saturated heterocycles. The summed E-state index contributed by atoms with van der Waals surface area (Å²) in [7, 11) is 0. The Balaban J connectivity index is 2.03. The summed E-state index contributed by atoms with van der Waals surface area (Å²) in [5.74, 6) is -5.96. The van der Waals surface area contributed by atoms with Gasteiger partial charge >= 0.3 is 12.1 Å². The van der Waals surface area contributed by atoms with Gasteiger partial charge in [0.05, 0.1) is 17.6 Å². The lowest BCUT2D eigenvalue weighted by Gasteiger charge is -2.20. The van der Waals surface area contributed by atoms with Crippen molar-refractivity contribution in [3.05, 3.63) is 41.1 Å². The van der Waals surface area contributed by atoms with E-state index in [1.165, 1.54) is 13.1 Å². The number of rotatable bonds is 4. The fourth-order valence-electron chi connectivity index (χ4n) is 2.65. The van der Waals surface area contributed by atoms with Gasteiger partial charge < -0.3 is 5.32 Å². The van der Waals surface area contributed by atoms with Gasteiger partial charge in [-0.1, -0.05) is 0 Å². The molecule has 0 saturated carbocycles. The van der Waals surface area contributed by atoms with Gasteiger partial charge in [0.1, 0.15) is 5.69 Å². The maximum Gasteiger partial charge on any atom is 0.459 e.